The van der Waals surface area contributed by atoms with Crippen molar-refractivity contribution in [3.05, 3.63) is 106 Å². The van der Waals surface area contributed by atoms with Crippen molar-refractivity contribution in [3.8, 4) is 46.0 Å². The highest BCUT2D eigenvalue weighted by Gasteiger charge is 2.52. The number of phenols is 5. The van der Waals surface area contributed by atoms with E-state index in [-0.39, 0.29) is 95.0 Å². The summed E-state index contributed by atoms with van der Waals surface area (Å²) in [5, 5.41) is 115. The molecule has 10 bridgehead atoms. The second-order valence-corrected chi connectivity index (χ2v) is 31.4. The van der Waals surface area contributed by atoms with Gasteiger partial charge in [-0.25, -0.2) is 0 Å². The number of carbonyl (C=O) groups is 7. The number of Topliss-reactive ketones (excluding diaryl/α,β-unsaturated/α-hetero) is 2. The van der Waals surface area contributed by atoms with Crippen LogP contribution in [-0.2, 0) is 52.4 Å². The second-order valence-electron chi connectivity index (χ2n) is 31.4. The van der Waals surface area contributed by atoms with Crippen molar-refractivity contribution in [3.63, 3.8) is 0 Å². The highest BCUT2D eigenvalue weighted by atomic mass is 16.7. The molecular formula is C86H116N6O25. The molecule has 18 atom stereocenters. The van der Waals surface area contributed by atoms with Gasteiger partial charge in [0, 0.05) is 168 Å². The number of fused-ring (bicyclic) bond motifs is 28. The van der Waals surface area contributed by atoms with Crippen LogP contribution in [0.4, 0.5) is 11.4 Å². The van der Waals surface area contributed by atoms with Gasteiger partial charge in [-0.1, -0.05) is 91.8 Å². The molecule has 3 amide bonds. The zero-order valence-corrected chi connectivity index (χ0v) is 70.5. The van der Waals surface area contributed by atoms with Crippen LogP contribution in [0.3, 0.4) is 0 Å². The van der Waals surface area contributed by atoms with E-state index in [1.165, 1.54) is 119 Å². The van der Waals surface area contributed by atoms with Gasteiger partial charge in [-0.15, -0.1) is 0 Å². The summed E-state index contributed by atoms with van der Waals surface area (Å²) < 4.78 is 53.3. The summed E-state index contributed by atoms with van der Waals surface area (Å²) >= 11 is 0. The summed E-state index contributed by atoms with van der Waals surface area (Å²) in [6, 6.07) is 1.27. The fourth-order valence-electron chi connectivity index (χ4n) is 15.5. The van der Waals surface area contributed by atoms with Crippen molar-refractivity contribution >= 4 is 80.4 Å². The van der Waals surface area contributed by atoms with Gasteiger partial charge >= 0.3 is 23.5 Å². The monoisotopic (exact) mass is 1630 g/mol. The van der Waals surface area contributed by atoms with Crippen molar-refractivity contribution in [2.24, 2.45) is 52.4 Å². The van der Waals surface area contributed by atoms with Crippen molar-refractivity contribution < 1.29 is 122 Å². The van der Waals surface area contributed by atoms with Gasteiger partial charge < -0.3 is 109 Å². The number of ketones is 2. The normalized spacial score (nSPS) is 31.1. The van der Waals surface area contributed by atoms with Crippen molar-refractivity contribution in [2.75, 3.05) is 77.8 Å². The van der Waals surface area contributed by atoms with Crippen LogP contribution in [0.1, 0.15) is 148 Å². The number of aliphatic hydroxyl groups excluding tert-OH is 4. The van der Waals surface area contributed by atoms with E-state index in [1.807, 2.05) is 20.9 Å². The number of hydrogen-bond donors (Lipinski definition) is 11. The van der Waals surface area contributed by atoms with Gasteiger partial charge in [0.25, 0.3) is 29.3 Å². The number of nitrogens with one attached hydrogen (secondary N) is 2. The minimum absolute atomic E-state index is 0.0559. The fraction of sp³-hybridized carbons (Fsp3) is 0.535. The Morgan fingerprint density at radius 3 is 1.43 bits per heavy atom. The van der Waals surface area contributed by atoms with E-state index in [0.29, 0.717) is 26.2 Å². The summed E-state index contributed by atoms with van der Waals surface area (Å²) in [5.41, 5.74) is -0.359. The maximum absolute atomic E-state index is 14.4. The first-order valence-corrected chi connectivity index (χ1v) is 39.3. The molecule has 7 heterocycles. The van der Waals surface area contributed by atoms with Crippen molar-refractivity contribution in [1.29, 1.82) is 0 Å². The van der Waals surface area contributed by atoms with E-state index >= 15 is 0 Å². The van der Waals surface area contributed by atoms with Crippen LogP contribution in [0, 0.1) is 61.2 Å². The number of allylic oxidation sites excluding steroid dienone is 4. The number of esters is 2. The molecule has 31 nitrogen and oxygen atoms in total. The highest BCUT2D eigenvalue weighted by molar-refractivity contribution is 6.24. The van der Waals surface area contributed by atoms with Gasteiger partial charge in [0.2, 0.25) is 0 Å². The number of aromatic hydroxyl groups is 5. The quantitative estimate of drug-likeness (QED) is 0.0288. The van der Waals surface area contributed by atoms with Gasteiger partial charge in [-0.05, 0) is 60.7 Å². The summed E-state index contributed by atoms with van der Waals surface area (Å²) in [5.74, 6) is -16.4. The smallest absolute Gasteiger partial charge is 0.312 e. The van der Waals surface area contributed by atoms with Crippen LogP contribution in [0.5, 0.6) is 46.0 Å². The van der Waals surface area contributed by atoms with E-state index in [2.05, 4.69) is 20.6 Å². The molecule has 4 aromatic carbocycles. The van der Waals surface area contributed by atoms with Gasteiger partial charge in [-0.2, -0.15) is 5.10 Å². The predicted octanol–water partition coefficient (Wildman–Crippen LogP) is 9.63. The highest BCUT2D eigenvalue weighted by Crippen LogP contribution is 2.57. The number of aliphatic hydroxyl groups is 4. The van der Waals surface area contributed by atoms with E-state index in [1.54, 1.807) is 89.6 Å². The number of amides is 3. The Hall–Kier alpha value is -10.3. The van der Waals surface area contributed by atoms with Crippen molar-refractivity contribution in [2.45, 2.75) is 185 Å². The number of hydrogen-bond acceptors (Lipinski definition) is 28. The van der Waals surface area contributed by atoms with Gasteiger partial charge in [0.15, 0.2) is 18.1 Å². The number of likely N-dealkylation sites (N-methyl/N-ethyl adjacent to an activating group) is 2. The molecule has 640 valence electrons. The number of benzene rings is 4. The number of hydrazone groups is 1. The molecule has 4 aromatic rings. The zero-order valence-electron chi connectivity index (χ0n) is 70.5. The third kappa shape index (κ3) is 19.5. The van der Waals surface area contributed by atoms with Crippen molar-refractivity contribution in [1.82, 2.24) is 14.8 Å². The maximum atomic E-state index is 14.4. The summed E-state index contributed by atoms with van der Waals surface area (Å²) in [4.78, 5) is 97.6. The molecule has 31 heteroatoms. The third-order valence-corrected chi connectivity index (χ3v) is 23.2. The molecule has 11 N–H and O–H groups in total. The number of rotatable bonds is 11. The second kappa shape index (κ2) is 38.4. The van der Waals surface area contributed by atoms with Crippen LogP contribution >= 0.6 is 0 Å². The largest absolute Gasteiger partial charge is 0.507 e. The first-order valence-electron chi connectivity index (χ1n) is 39.3. The molecule has 0 aliphatic carbocycles. The molecule has 0 saturated carbocycles. The lowest BCUT2D eigenvalue weighted by molar-refractivity contribution is -0.161. The maximum Gasteiger partial charge on any atom is 0.312 e. The number of methoxy groups -OCH3 is 2. The first-order chi connectivity index (χ1) is 55.0. The third-order valence-electron chi connectivity index (χ3n) is 23.2. The Kier molecular flexibility index (Phi) is 30.3. The van der Waals surface area contributed by atoms with Gasteiger partial charge in [0.1, 0.15) is 46.7 Å². The lowest BCUT2D eigenvalue weighted by Crippen LogP contribution is -2.46. The molecule has 1 fully saturated rings. The van der Waals surface area contributed by atoms with Crippen LogP contribution in [-0.4, -0.2) is 236 Å². The summed E-state index contributed by atoms with van der Waals surface area (Å²) in [6.07, 6.45) is 8.46. The Balaban J connectivity index is 0.000000292. The zero-order chi connectivity index (χ0) is 87.1. The average Bonchev–Trinajstić information content (AvgIpc) is 1.62. The first kappa shape index (κ1) is 92.2. The predicted molar refractivity (Wildman–Crippen MR) is 436 cm³/mol. The van der Waals surface area contributed by atoms with E-state index in [0.717, 1.165) is 13.1 Å². The molecule has 117 heavy (non-hydrogen) atoms. The van der Waals surface area contributed by atoms with Crippen LogP contribution in [0.15, 0.2) is 83.4 Å². The van der Waals surface area contributed by atoms with Crippen LogP contribution < -0.4 is 24.8 Å². The molecular weight excluding hydrogens is 1520 g/mol. The number of piperazine rings is 1. The number of carbonyl (C=O) groups excluding carboxylic acids is 7. The van der Waals surface area contributed by atoms with E-state index in [4.69, 9.17) is 42.6 Å². The van der Waals surface area contributed by atoms with E-state index in [9.17, 15) is 79.5 Å². The summed E-state index contributed by atoms with van der Waals surface area (Å²) in [7, 11) is 4.86. The van der Waals surface area contributed by atoms with Crippen LogP contribution in [0.25, 0.3) is 21.5 Å². The Bertz CT molecular complexity index is 4630. The molecule has 1 saturated heterocycles. The average molecular weight is 1630 g/mol. The van der Waals surface area contributed by atoms with Gasteiger partial charge in [0.05, 0.1) is 94.2 Å². The Morgan fingerprint density at radius 2 is 1.00 bits per heavy atom. The van der Waals surface area contributed by atoms with E-state index < -0.39 is 178 Å². The minimum atomic E-state index is -2.04. The number of anilines is 2. The molecule has 7 aliphatic rings. The Labute approximate surface area is 681 Å². The fourth-order valence-corrected chi connectivity index (χ4v) is 15.5. The lowest BCUT2D eigenvalue weighted by atomic mass is 9.78. The number of nitrogens with zero attached hydrogens (tertiary/aromatic N) is 4. The standard InChI is InChI=1S/C43H58N4O12.C43H58N2O13/c1-21-12-11-13-22(2)42(55)45-33-28(20-44-47-17-15-46(9)16-18-47)37(52)30-31(38(33)53)36(51)26(6)40-32(30)41(54)43(8,59-40)57-19-14-29(56-10)23(3)39(58-27(7)48)25(5)35(50)24(4)34(21)49;1-12-45(13-2)31(47)20-55-30-19-28-38(51)33-32(30)34-40(26(8)37(33)50)58-43(10,41(34)52)56-18-17-29(54-11)23(5)39(57-27(9)46)25(7)36(49)24(6)35(48)21(3)15-14-16-22(4)42(53)44-28/h11-14,19-21,23-25,29,34-35,39,49-53H,15-18H2,1-10H3,(H,45,55);14-19,21,23-25,29,35-36,39,48-51H,12-13,20H2,1-11H3,(H,44,53)/b12-11-,19-14-,22-13-,44-20+;15-14-,18-17-,22-16-/t21-,23+,24+,25+,29-,34-,35+,39+,43-;21-,23+,24+,25+,29-,35-,36+,39+,43-/m00/s1. The van der Waals surface area contributed by atoms with Gasteiger partial charge in [-0.3, -0.25) is 38.6 Å². The Morgan fingerprint density at radius 1 is 0.573 bits per heavy atom. The molecule has 0 aromatic heterocycles. The molecule has 0 spiro atoms. The minimum Gasteiger partial charge on any atom is -0.507 e. The molecule has 7 aliphatic heterocycles. The number of phenolic OH excluding ortho intramolecular Hbond substituents is 5. The lowest BCUT2D eigenvalue weighted by Gasteiger charge is -2.38. The molecule has 11 rings (SSSR count). The van der Waals surface area contributed by atoms with Crippen LogP contribution in [0.2, 0.25) is 0 Å². The topological polar surface area (TPSA) is 431 Å². The number of ether oxygens (including phenoxy) is 9. The molecule has 0 unspecified atom stereocenters. The SMILES string of the molecule is CCN(CC)C(=O)COc1cc2c(O)c3c(O)c(C)c4c(c13)C(=O)[C@@](C)(O/C=C\[C@H](OC)[C@@H](C)[C@@H](OC(C)=O)[C@H](C)[C@H](O)[C@H](C)[C@@H](O)[C@@H](C)/C=C\C=C(\C)C(=O)N2)O4.CO[C@H]1/C=C\O[C@@]2(C)Oc3c(C)c(O)c4c(O)c(c(/C=N/N5CCN(C)CC5)c(O)c4c3C2=O)NC(=O)/C(C)=C\C=C/[C@H](C)[C@H](O)[C@@H](C)[C@@H](O)[C@@H](C)[C@H](OC(C)=O)[C@@H]1C. The molecule has 0 radical (unpaired) electrons. The summed E-state index contributed by atoms with van der Waals surface area (Å²) in [6.45, 7) is 31.6.